The molecule has 0 saturated heterocycles. The van der Waals surface area contributed by atoms with Crippen LogP contribution in [0, 0.1) is 29.1 Å². The number of fused-ring (bicyclic) bond motifs is 8. The van der Waals surface area contributed by atoms with Crippen molar-refractivity contribution in [2.45, 2.75) is 49.1 Å². The number of rotatable bonds is 5. The molecule has 0 aromatic heterocycles. The minimum absolute atomic E-state index is 0.135. The van der Waals surface area contributed by atoms with E-state index in [2.05, 4.69) is 128 Å². The van der Waals surface area contributed by atoms with Crippen molar-refractivity contribution < 1.29 is 0 Å². The molecule has 2 aliphatic heterocycles. The average Bonchev–Trinajstić information content (AvgIpc) is 3.54. The third-order valence-corrected chi connectivity index (χ3v) is 14.3. The molecule has 4 unspecified atom stereocenters. The van der Waals surface area contributed by atoms with Gasteiger partial charge in [0.15, 0.2) is 5.84 Å². The van der Waals surface area contributed by atoms with Gasteiger partial charge >= 0.3 is 0 Å². The van der Waals surface area contributed by atoms with Crippen molar-refractivity contribution >= 4 is 54.1 Å². The van der Waals surface area contributed by atoms with Gasteiger partial charge in [-0.05, 0) is 79.3 Å². The Balaban J connectivity index is 0.000000365. The number of hydrogen-bond acceptors (Lipinski definition) is 5. The van der Waals surface area contributed by atoms with Crippen LogP contribution in [0.5, 0.6) is 0 Å². The lowest BCUT2D eigenvalue weighted by Gasteiger charge is -2.47. The molecule has 9 rings (SSSR count). The molecule has 4 nitrogen and oxygen atoms in total. The SMILES string of the molecule is C=N/C(=N\CN1c2ccccc2C2=CC3C4C=CC5=C(Sc6ccccc6S5)C4C(C)(C)C3C[C@]21C)c1ccccc1.C=NCc1ccccc1. The highest BCUT2D eigenvalue weighted by Gasteiger charge is 2.61. The number of para-hydroxylation sites is 1. The van der Waals surface area contributed by atoms with E-state index in [1.54, 1.807) is 4.91 Å². The van der Waals surface area contributed by atoms with Crippen LogP contribution in [-0.4, -0.2) is 31.5 Å². The molecule has 1 saturated carbocycles. The zero-order chi connectivity index (χ0) is 35.2. The average molecular weight is 705 g/mol. The largest absolute Gasteiger partial charge is 0.342 e. The molecule has 1 fully saturated rings. The van der Waals surface area contributed by atoms with E-state index in [0.717, 1.165) is 18.5 Å². The molecule has 5 atom stereocenters. The predicted molar refractivity (Wildman–Crippen MR) is 219 cm³/mol. The van der Waals surface area contributed by atoms with E-state index >= 15 is 0 Å². The number of nitrogens with zero attached hydrogens (tertiary/aromatic N) is 4. The van der Waals surface area contributed by atoms with E-state index in [1.807, 2.05) is 72.1 Å². The number of amidine groups is 1. The van der Waals surface area contributed by atoms with Gasteiger partial charge in [-0.25, -0.2) is 9.98 Å². The summed E-state index contributed by atoms with van der Waals surface area (Å²) in [5.41, 5.74) is 6.36. The minimum atomic E-state index is -0.135. The molecule has 0 N–H and O–H groups in total. The Labute approximate surface area is 311 Å². The first-order valence-electron chi connectivity index (χ1n) is 17.8. The molecule has 0 spiro atoms. The second kappa shape index (κ2) is 13.6. The van der Waals surface area contributed by atoms with Gasteiger partial charge < -0.3 is 4.90 Å². The maximum Gasteiger partial charge on any atom is 0.155 e. The van der Waals surface area contributed by atoms with E-state index < -0.39 is 0 Å². The fourth-order valence-electron chi connectivity index (χ4n) is 9.23. The van der Waals surface area contributed by atoms with Crippen molar-refractivity contribution in [3.63, 3.8) is 0 Å². The van der Waals surface area contributed by atoms with Crippen LogP contribution in [0.1, 0.15) is 43.9 Å². The summed E-state index contributed by atoms with van der Waals surface area (Å²) in [6, 6.07) is 38.1. The summed E-state index contributed by atoms with van der Waals surface area (Å²) in [5, 5.41) is 0. The molecule has 5 aliphatic rings. The first-order valence-corrected chi connectivity index (χ1v) is 19.5. The van der Waals surface area contributed by atoms with Crippen LogP contribution < -0.4 is 4.90 Å². The first kappa shape index (κ1) is 33.7. The summed E-state index contributed by atoms with van der Waals surface area (Å²) < 4.78 is 0. The van der Waals surface area contributed by atoms with Gasteiger partial charge in [0.1, 0.15) is 6.67 Å². The van der Waals surface area contributed by atoms with Crippen molar-refractivity contribution in [2.75, 3.05) is 11.6 Å². The molecule has 3 aliphatic carbocycles. The zero-order valence-electron chi connectivity index (χ0n) is 29.6. The molecule has 51 heavy (non-hydrogen) atoms. The van der Waals surface area contributed by atoms with Crippen LogP contribution in [0.25, 0.3) is 5.57 Å². The van der Waals surface area contributed by atoms with Crippen LogP contribution >= 0.6 is 23.5 Å². The Kier molecular flexibility index (Phi) is 9.02. The highest BCUT2D eigenvalue weighted by atomic mass is 32.2. The fraction of sp³-hybridized carbons (Fsp3) is 0.267. The highest BCUT2D eigenvalue weighted by Crippen LogP contribution is 2.69. The maximum atomic E-state index is 5.06. The van der Waals surface area contributed by atoms with E-state index in [1.165, 1.54) is 37.1 Å². The second-order valence-electron chi connectivity index (χ2n) is 14.8. The number of allylic oxidation sites excluding steroid dienone is 4. The Morgan fingerprint density at radius 3 is 2.20 bits per heavy atom. The third-order valence-electron chi connectivity index (χ3n) is 11.7. The number of hydrogen-bond donors (Lipinski definition) is 0. The van der Waals surface area contributed by atoms with Crippen molar-refractivity contribution in [2.24, 2.45) is 44.1 Å². The molecular formula is C45H44N4S2. The van der Waals surface area contributed by atoms with E-state index in [4.69, 9.17) is 4.99 Å². The van der Waals surface area contributed by atoms with Crippen molar-refractivity contribution in [1.82, 2.24) is 0 Å². The standard InChI is InChI=1S/C37H35N3S2.C8H9N/c1-36(2)28-21-37(3)27(20-26(28)24-18-19-32-34(33(24)36)42-31-17-11-10-16-30(31)41-32)25-14-8-9-15-29(25)40(37)22-39-35(38-4)23-12-6-5-7-13-23;1-9-7-8-5-3-2-4-6-8/h5-20,24,26,28,33H,4,21-22H2,1-3H3;2-6H,1,7H2/b39-35-;/t24?,26?,28?,33?,37-;/m1./s1. The minimum Gasteiger partial charge on any atom is -0.342 e. The summed E-state index contributed by atoms with van der Waals surface area (Å²) in [4.78, 5) is 21.5. The Bertz CT molecular complexity index is 2100. The Morgan fingerprint density at radius 2 is 1.47 bits per heavy atom. The predicted octanol–water partition coefficient (Wildman–Crippen LogP) is 11.2. The van der Waals surface area contributed by atoms with Crippen molar-refractivity contribution in [3.05, 3.63) is 154 Å². The van der Waals surface area contributed by atoms with Gasteiger partial charge in [0.25, 0.3) is 0 Å². The van der Waals surface area contributed by atoms with Crippen LogP contribution in [0.3, 0.4) is 0 Å². The van der Waals surface area contributed by atoms with Gasteiger partial charge in [0.2, 0.25) is 0 Å². The lowest BCUT2D eigenvalue weighted by molar-refractivity contribution is 0.163. The molecule has 4 aromatic carbocycles. The van der Waals surface area contributed by atoms with E-state index in [0.29, 0.717) is 36.2 Å². The Hall–Kier alpha value is -4.39. The normalized spacial score (nSPS) is 26.3. The van der Waals surface area contributed by atoms with Gasteiger partial charge in [0, 0.05) is 42.3 Å². The summed E-state index contributed by atoms with van der Waals surface area (Å²) in [5.74, 6) is 2.83. The summed E-state index contributed by atoms with van der Waals surface area (Å²) in [6.07, 6.45) is 8.78. The maximum absolute atomic E-state index is 5.06. The van der Waals surface area contributed by atoms with Crippen molar-refractivity contribution in [1.29, 1.82) is 0 Å². The molecule has 2 heterocycles. The zero-order valence-corrected chi connectivity index (χ0v) is 31.2. The van der Waals surface area contributed by atoms with Gasteiger partial charge in [-0.3, -0.25) is 4.99 Å². The van der Waals surface area contributed by atoms with Crippen LogP contribution in [0.4, 0.5) is 5.69 Å². The van der Waals surface area contributed by atoms with E-state index in [-0.39, 0.29) is 11.0 Å². The van der Waals surface area contributed by atoms with Crippen LogP contribution in [0.2, 0.25) is 0 Å². The summed E-state index contributed by atoms with van der Waals surface area (Å²) >= 11 is 3.99. The lowest BCUT2D eigenvalue weighted by Crippen LogP contribution is -2.49. The summed E-state index contributed by atoms with van der Waals surface area (Å²) in [6.45, 7) is 16.1. The number of benzene rings is 4. The molecule has 6 heteroatoms. The lowest BCUT2D eigenvalue weighted by atomic mass is 9.64. The quantitative estimate of drug-likeness (QED) is 0.153. The van der Waals surface area contributed by atoms with Gasteiger partial charge in [-0.1, -0.05) is 147 Å². The molecule has 256 valence electrons. The molecular weight excluding hydrogens is 661 g/mol. The van der Waals surface area contributed by atoms with Gasteiger partial charge in [0.05, 0.1) is 12.1 Å². The fourth-order valence-corrected chi connectivity index (χ4v) is 12.0. The molecule has 4 aromatic rings. The van der Waals surface area contributed by atoms with E-state index in [9.17, 15) is 0 Å². The number of anilines is 1. The number of thioether (sulfide) groups is 2. The summed E-state index contributed by atoms with van der Waals surface area (Å²) in [7, 11) is 0. The van der Waals surface area contributed by atoms with Gasteiger partial charge in [-0.2, -0.15) is 0 Å². The second-order valence-corrected chi connectivity index (χ2v) is 17.0. The van der Waals surface area contributed by atoms with Crippen LogP contribution in [0.15, 0.2) is 162 Å². The highest BCUT2D eigenvalue weighted by molar-refractivity contribution is 8.09. The van der Waals surface area contributed by atoms with Crippen molar-refractivity contribution in [3.8, 4) is 0 Å². The first-order chi connectivity index (χ1) is 24.8. The molecule has 0 amide bonds. The monoisotopic (exact) mass is 704 g/mol. The third kappa shape index (κ3) is 5.87. The van der Waals surface area contributed by atoms with Crippen LogP contribution in [-0.2, 0) is 6.54 Å². The van der Waals surface area contributed by atoms with Gasteiger partial charge in [-0.15, -0.1) is 0 Å². The molecule has 0 radical (unpaired) electrons. The smallest absolute Gasteiger partial charge is 0.155 e. The topological polar surface area (TPSA) is 40.3 Å². The molecule has 0 bridgehead atoms. The number of aliphatic imine (C=N–C) groups is 3. The Morgan fingerprint density at radius 1 is 0.804 bits per heavy atom.